The SMILES string of the molecule is CCC(C)N1CCN(CC(C)CBr)CC1. The standard InChI is InChI=1S/C12H25BrN2/c1-4-12(3)15-7-5-14(6-8-15)10-11(2)9-13/h11-12H,4-10H2,1-3H3. The molecule has 0 spiro atoms. The first-order valence-corrected chi connectivity index (χ1v) is 7.31. The van der Waals surface area contributed by atoms with Crippen molar-refractivity contribution in [2.24, 2.45) is 5.92 Å². The minimum atomic E-state index is 0.765. The van der Waals surface area contributed by atoms with Gasteiger partial charge in [0, 0.05) is 44.1 Å². The van der Waals surface area contributed by atoms with Crippen LogP contribution in [0.3, 0.4) is 0 Å². The van der Waals surface area contributed by atoms with Crippen LogP contribution >= 0.6 is 15.9 Å². The van der Waals surface area contributed by atoms with Gasteiger partial charge < -0.3 is 4.90 Å². The third-order valence-corrected chi connectivity index (χ3v) is 4.56. The molecule has 1 saturated heterocycles. The summed E-state index contributed by atoms with van der Waals surface area (Å²) < 4.78 is 0. The average Bonchev–Trinajstić information content (AvgIpc) is 2.29. The molecule has 0 saturated carbocycles. The van der Waals surface area contributed by atoms with Crippen molar-refractivity contribution in [3.05, 3.63) is 0 Å². The smallest absolute Gasteiger partial charge is 0.0113 e. The van der Waals surface area contributed by atoms with Crippen LogP contribution in [-0.4, -0.2) is 53.9 Å². The van der Waals surface area contributed by atoms with Crippen LogP contribution in [0.4, 0.5) is 0 Å². The maximum absolute atomic E-state index is 3.55. The normalized spacial score (nSPS) is 24.0. The van der Waals surface area contributed by atoms with Crippen molar-refractivity contribution < 1.29 is 0 Å². The predicted molar refractivity (Wildman–Crippen MR) is 70.7 cm³/mol. The first-order valence-electron chi connectivity index (χ1n) is 6.19. The lowest BCUT2D eigenvalue weighted by molar-refractivity contribution is 0.0938. The fourth-order valence-corrected chi connectivity index (χ4v) is 2.34. The number of rotatable bonds is 5. The molecule has 1 aliphatic rings. The van der Waals surface area contributed by atoms with Crippen molar-refractivity contribution in [1.82, 2.24) is 9.80 Å². The summed E-state index contributed by atoms with van der Waals surface area (Å²) in [6.07, 6.45) is 1.28. The Morgan fingerprint density at radius 3 is 2.20 bits per heavy atom. The van der Waals surface area contributed by atoms with Gasteiger partial charge in [0.25, 0.3) is 0 Å². The van der Waals surface area contributed by atoms with E-state index in [1.165, 1.54) is 39.1 Å². The van der Waals surface area contributed by atoms with E-state index in [9.17, 15) is 0 Å². The molecule has 0 bridgehead atoms. The molecule has 0 aromatic heterocycles. The summed E-state index contributed by atoms with van der Waals surface area (Å²) in [5.74, 6) is 0.778. The van der Waals surface area contributed by atoms with Crippen LogP contribution in [0.25, 0.3) is 0 Å². The lowest BCUT2D eigenvalue weighted by Crippen LogP contribution is -2.50. The molecule has 0 aromatic rings. The van der Waals surface area contributed by atoms with Gasteiger partial charge in [-0.1, -0.05) is 29.8 Å². The Labute approximate surface area is 103 Å². The Bertz CT molecular complexity index is 167. The van der Waals surface area contributed by atoms with Crippen LogP contribution in [0.15, 0.2) is 0 Å². The number of hydrogen-bond acceptors (Lipinski definition) is 2. The van der Waals surface area contributed by atoms with Crippen molar-refractivity contribution >= 4 is 15.9 Å². The zero-order valence-corrected chi connectivity index (χ0v) is 12.0. The second-order valence-corrected chi connectivity index (χ2v) is 5.50. The van der Waals surface area contributed by atoms with Gasteiger partial charge >= 0.3 is 0 Å². The van der Waals surface area contributed by atoms with Gasteiger partial charge in [0.05, 0.1) is 0 Å². The summed E-state index contributed by atoms with van der Waals surface area (Å²) in [5, 5.41) is 1.12. The molecule has 0 radical (unpaired) electrons. The minimum absolute atomic E-state index is 0.765. The van der Waals surface area contributed by atoms with E-state index in [-0.39, 0.29) is 0 Å². The number of halogens is 1. The molecule has 2 unspecified atom stereocenters. The zero-order chi connectivity index (χ0) is 11.3. The number of hydrogen-bond donors (Lipinski definition) is 0. The van der Waals surface area contributed by atoms with Crippen LogP contribution in [0.1, 0.15) is 27.2 Å². The molecule has 0 N–H and O–H groups in total. The first-order chi connectivity index (χ1) is 7.17. The van der Waals surface area contributed by atoms with E-state index in [0.717, 1.165) is 17.3 Å². The summed E-state index contributed by atoms with van der Waals surface area (Å²) in [7, 11) is 0. The number of piperazine rings is 1. The third kappa shape index (κ3) is 4.41. The summed E-state index contributed by atoms with van der Waals surface area (Å²) in [6, 6.07) is 0.765. The zero-order valence-electron chi connectivity index (χ0n) is 10.4. The molecule has 0 aromatic carbocycles. The van der Waals surface area contributed by atoms with Crippen LogP contribution in [0.2, 0.25) is 0 Å². The number of nitrogens with zero attached hydrogens (tertiary/aromatic N) is 2. The Kier molecular flexibility index (Phi) is 6.17. The van der Waals surface area contributed by atoms with E-state index in [4.69, 9.17) is 0 Å². The maximum atomic E-state index is 3.55. The van der Waals surface area contributed by atoms with Crippen LogP contribution in [0.5, 0.6) is 0 Å². The van der Waals surface area contributed by atoms with E-state index in [2.05, 4.69) is 46.5 Å². The second kappa shape index (κ2) is 6.87. The molecule has 3 heteroatoms. The van der Waals surface area contributed by atoms with E-state index in [1.54, 1.807) is 0 Å². The average molecular weight is 277 g/mol. The molecule has 1 heterocycles. The van der Waals surface area contributed by atoms with E-state index in [1.807, 2.05) is 0 Å². The van der Waals surface area contributed by atoms with Gasteiger partial charge in [-0.2, -0.15) is 0 Å². The summed E-state index contributed by atoms with van der Waals surface area (Å²) in [5.41, 5.74) is 0. The molecular weight excluding hydrogens is 252 g/mol. The van der Waals surface area contributed by atoms with Gasteiger partial charge in [-0.25, -0.2) is 0 Å². The molecule has 0 aliphatic carbocycles. The molecule has 90 valence electrons. The highest BCUT2D eigenvalue weighted by Crippen LogP contribution is 2.11. The molecule has 15 heavy (non-hydrogen) atoms. The predicted octanol–water partition coefficient (Wildman–Crippen LogP) is 2.43. The molecular formula is C12H25BrN2. The minimum Gasteiger partial charge on any atom is -0.300 e. The molecule has 0 amide bonds. The van der Waals surface area contributed by atoms with Crippen molar-refractivity contribution in [3.63, 3.8) is 0 Å². The van der Waals surface area contributed by atoms with Gasteiger partial charge in [0.1, 0.15) is 0 Å². The summed E-state index contributed by atoms with van der Waals surface area (Å²) >= 11 is 3.55. The Morgan fingerprint density at radius 1 is 1.13 bits per heavy atom. The van der Waals surface area contributed by atoms with E-state index in [0.29, 0.717) is 0 Å². The molecule has 1 aliphatic heterocycles. The van der Waals surface area contributed by atoms with Gasteiger partial charge in [0.15, 0.2) is 0 Å². The van der Waals surface area contributed by atoms with Gasteiger partial charge in [0.2, 0.25) is 0 Å². The summed E-state index contributed by atoms with van der Waals surface area (Å²) in [6.45, 7) is 13.2. The summed E-state index contributed by atoms with van der Waals surface area (Å²) in [4.78, 5) is 5.22. The molecule has 1 rings (SSSR count). The fourth-order valence-electron chi connectivity index (χ4n) is 2.13. The highest BCUT2D eigenvalue weighted by atomic mass is 79.9. The largest absolute Gasteiger partial charge is 0.300 e. The topological polar surface area (TPSA) is 6.48 Å². The van der Waals surface area contributed by atoms with Crippen LogP contribution in [-0.2, 0) is 0 Å². The quantitative estimate of drug-likeness (QED) is 0.712. The second-order valence-electron chi connectivity index (χ2n) is 4.85. The third-order valence-electron chi connectivity index (χ3n) is 3.45. The first kappa shape index (κ1) is 13.5. The molecule has 2 nitrogen and oxygen atoms in total. The van der Waals surface area contributed by atoms with Gasteiger partial charge in [-0.05, 0) is 19.3 Å². The monoisotopic (exact) mass is 276 g/mol. The number of alkyl halides is 1. The lowest BCUT2D eigenvalue weighted by atomic mass is 10.1. The highest BCUT2D eigenvalue weighted by Gasteiger charge is 2.20. The van der Waals surface area contributed by atoms with Gasteiger partial charge in [-0.3, -0.25) is 4.90 Å². The Morgan fingerprint density at radius 2 is 1.73 bits per heavy atom. The van der Waals surface area contributed by atoms with E-state index >= 15 is 0 Å². The van der Waals surface area contributed by atoms with Crippen LogP contribution in [0, 0.1) is 5.92 Å². The lowest BCUT2D eigenvalue weighted by Gasteiger charge is -2.38. The maximum Gasteiger partial charge on any atom is 0.0113 e. The molecule has 2 atom stereocenters. The Hall–Kier alpha value is 0.400. The van der Waals surface area contributed by atoms with E-state index < -0.39 is 0 Å². The fraction of sp³-hybridized carbons (Fsp3) is 1.00. The Balaban J connectivity index is 2.23. The highest BCUT2D eigenvalue weighted by molar-refractivity contribution is 9.09. The van der Waals surface area contributed by atoms with Crippen molar-refractivity contribution in [2.75, 3.05) is 38.1 Å². The van der Waals surface area contributed by atoms with Gasteiger partial charge in [-0.15, -0.1) is 0 Å². The van der Waals surface area contributed by atoms with Crippen molar-refractivity contribution in [2.45, 2.75) is 33.2 Å². The molecule has 1 fully saturated rings. The van der Waals surface area contributed by atoms with Crippen molar-refractivity contribution in [1.29, 1.82) is 0 Å². The van der Waals surface area contributed by atoms with Crippen molar-refractivity contribution in [3.8, 4) is 0 Å². The van der Waals surface area contributed by atoms with Crippen LogP contribution < -0.4 is 0 Å².